The van der Waals surface area contributed by atoms with Crippen molar-refractivity contribution in [3.8, 4) is 5.69 Å². The van der Waals surface area contributed by atoms with Crippen LogP contribution in [0, 0.1) is 0 Å². The fourth-order valence-electron chi connectivity index (χ4n) is 2.78. The largest absolute Gasteiger partial charge is 0.351 e. The Bertz CT molecular complexity index is 1200. The molecule has 4 aromatic rings. The van der Waals surface area contributed by atoms with Crippen LogP contribution in [-0.4, -0.2) is 21.2 Å². The Hall–Kier alpha value is -2.61. The Labute approximate surface area is 180 Å². The Kier molecular flexibility index (Phi) is 5.99. The number of aromatic nitrogens is 2. The minimum atomic E-state index is -0.153. The Morgan fingerprint density at radius 3 is 2.62 bits per heavy atom. The molecule has 5 nitrogen and oxygen atoms in total. The van der Waals surface area contributed by atoms with Crippen LogP contribution in [-0.2, 0) is 11.3 Å². The van der Waals surface area contributed by atoms with Crippen molar-refractivity contribution >= 4 is 50.8 Å². The molecule has 0 fully saturated rings. The van der Waals surface area contributed by atoms with Crippen molar-refractivity contribution in [2.45, 2.75) is 11.7 Å². The summed E-state index contributed by atoms with van der Waals surface area (Å²) in [6, 6.07) is 18.5. The average molecular weight is 442 g/mol. The number of nitrogens with zero attached hydrogens (tertiary/aromatic N) is 2. The third-order valence-corrected chi connectivity index (χ3v) is 6.28. The summed E-state index contributed by atoms with van der Waals surface area (Å²) < 4.78 is 2.11. The highest BCUT2D eigenvalue weighted by atomic mass is 35.5. The van der Waals surface area contributed by atoms with Gasteiger partial charge in [-0.05, 0) is 41.3 Å². The molecule has 29 heavy (non-hydrogen) atoms. The molecule has 0 unspecified atom stereocenters. The highest BCUT2D eigenvalue weighted by Crippen LogP contribution is 2.24. The van der Waals surface area contributed by atoms with Gasteiger partial charge in [0.25, 0.3) is 5.56 Å². The van der Waals surface area contributed by atoms with Gasteiger partial charge in [-0.3, -0.25) is 14.2 Å². The molecule has 1 amide bonds. The number of hydrogen-bond donors (Lipinski definition) is 1. The lowest BCUT2D eigenvalue weighted by atomic mass is 10.2. The first-order chi connectivity index (χ1) is 14.1. The first-order valence-electron chi connectivity index (χ1n) is 8.81. The van der Waals surface area contributed by atoms with Gasteiger partial charge in [-0.25, -0.2) is 4.98 Å². The lowest BCUT2D eigenvalue weighted by Gasteiger charge is -2.12. The number of nitrogens with one attached hydrogen (secondary N) is 1. The van der Waals surface area contributed by atoms with E-state index in [1.807, 2.05) is 41.8 Å². The second-order valence-corrected chi connectivity index (χ2v) is 8.49. The molecule has 0 bridgehead atoms. The van der Waals surface area contributed by atoms with Crippen molar-refractivity contribution in [1.29, 1.82) is 0 Å². The van der Waals surface area contributed by atoms with Crippen molar-refractivity contribution < 1.29 is 4.79 Å². The monoisotopic (exact) mass is 441 g/mol. The van der Waals surface area contributed by atoms with E-state index < -0.39 is 0 Å². The molecule has 146 valence electrons. The maximum absolute atomic E-state index is 13.0. The van der Waals surface area contributed by atoms with Gasteiger partial charge in [0.2, 0.25) is 5.91 Å². The van der Waals surface area contributed by atoms with E-state index in [1.54, 1.807) is 24.3 Å². The molecule has 0 saturated carbocycles. The summed E-state index contributed by atoms with van der Waals surface area (Å²) in [4.78, 5) is 30.0. The minimum Gasteiger partial charge on any atom is -0.351 e. The molecule has 1 N–H and O–H groups in total. The fourth-order valence-corrected chi connectivity index (χ4v) is 4.51. The molecular formula is C21H16ClN3O2S2. The van der Waals surface area contributed by atoms with Gasteiger partial charge in [0.05, 0.1) is 17.0 Å². The summed E-state index contributed by atoms with van der Waals surface area (Å²) in [5, 5.41) is 5.79. The number of benzene rings is 2. The summed E-state index contributed by atoms with van der Waals surface area (Å²) in [7, 11) is 0. The Morgan fingerprint density at radius 1 is 1.10 bits per heavy atom. The van der Waals surface area contributed by atoms with Crippen molar-refractivity contribution in [2.24, 2.45) is 0 Å². The van der Waals surface area contributed by atoms with Crippen LogP contribution in [0.25, 0.3) is 15.9 Å². The molecule has 2 heterocycles. The van der Waals surface area contributed by atoms with Crippen LogP contribution in [0.5, 0.6) is 0 Å². The van der Waals surface area contributed by atoms with Crippen molar-refractivity contribution in [3.63, 3.8) is 0 Å². The summed E-state index contributed by atoms with van der Waals surface area (Å²) in [6.07, 6.45) is 0. The maximum Gasteiger partial charge on any atom is 0.276 e. The molecule has 4 rings (SSSR count). The number of carbonyl (C=O) groups is 1. The van der Waals surface area contributed by atoms with E-state index in [4.69, 9.17) is 11.6 Å². The molecule has 0 spiro atoms. The lowest BCUT2D eigenvalue weighted by molar-refractivity contribution is -0.118. The van der Waals surface area contributed by atoms with Crippen molar-refractivity contribution in [3.05, 3.63) is 87.0 Å². The summed E-state index contributed by atoms with van der Waals surface area (Å²) in [5.41, 5.74) is 2.17. The zero-order valence-corrected chi connectivity index (χ0v) is 17.6. The smallest absolute Gasteiger partial charge is 0.276 e. The number of hydrogen-bond acceptors (Lipinski definition) is 5. The first-order valence-corrected chi connectivity index (χ1v) is 11.1. The van der Waals surface area contributed by atoms with Crippen LogP contribution >= 0.6 is 34.7 Å². The number of amides is 1. The Morgan fingerprint density at radius 2 is 1.86 bits per heavy atom. The normalized spacial score (nSPS) is 10.9. The van der Waals surface area contributed by atoms with Gasteiger partial charge in [0, 0.05) is 11.6 Å². The molecular weight excluding hydrogens is 426 g/mol. The molecule has 0 saturated heterocycles. The molecule has 0 atom stereocenters. The molecule has 0 aliphatic heterocycles. The standard InChI is InChI=1S/C21H16ClN3O2S2/c22-15-6-8-16(9-7-15)25-20(27)19-17(10-11-28-19)24-21(25)29-13-18(26)23-12-14-4-2-1-3-5-14/h1-11H,12-13H2,(H,23,26). The summed E-state index contributed by atoms with van der Waals surface area (Å²) >= 11 is 8.57. The first kappa shape index (κ1) is 19.7. The number of halogens is 1. The minimum absolute atomic E-state index is 0.124. The highest BCUT2D eigenvalue weighted by Gasteiger charge is 2.15. The number of fused-ring (bicyclic) bond motifs is 1. The zero-order valence-electron chi connectivity index (χ0n) is 15.2. The van der Waals surface area contributed by atoms with Crippen molar-refractivity contribution in [2.75, 3.05) is 5.75 Å². The zero-order chi connectivity index (χ0) is 20.2. The lowest BCUT2D eigenvalue weighted by Crippen LogP contribution is -2.26. The van der Waals surface area contributed by atoms with Gasteiger partial charge in [-0.1, -0.05) is 53.7 Å². The molecule has 0 aliphatic rings. The van der Waals surface area contributed by atoms with Crippen LogP contribution in [0.3, 0.4) is 0 Å². The van der Waals surface area contributed by atoms with E-state index >= 15 is 0 Å². The number of rotatable bonds is 6. The van der Waals surface area contributed by atoms with Gasteiger partial charge in [0.1, 0.15) is 4.70 Å². The molecule has 8 heteroatoms. The van der Waals surface area contributed by atoms with E-state index in [9.17, 15) is 9.59 Å². The number of carbonyl (C=O) groups excluding carboxylic acids is 1. The molecule has 2 aromatic heterocycles. The predicted octanol–water partition coefficient (Wildman–Crippen LogP) is 4.51. The Balaban J connectivity index is 1.57. The average Bonchev–Trinajstić information content (AvgIpc) is 3.21. The van der Waals surface area contributed by atoms with Gasteiger partial charge in [-0.15, -0.1) is 11.3 Å². The van der Waals surface area contributed by atoms with Crippen molar-refractivity contribution in [1.82, 2.24) is 14.9 Å². The molecule has 2 aromatic carbocycles. The van der Waals surface area contributed by atoms with E-state index in [-0.39, 0.29) is 17.2 Å². The summed E-state index contributed by atoms with van der Waals surface area (Å²) in [6.45, 7) is 0.460. The van der Waals surface area contributed by atoms with E-state index in [0.29, 0.717) is 32.6 Å². The second kappa shape index (κ2) is 8.82. The maximum atomic E-state index is 13.0. The van der Waals surface area contributed by atoms with Gasteiger partial charge < -0.3 is 5.32 Å². The van der Waals surface area contributed by atoms with E-state index in [2.05, 4.69) is 10.3 Å². The predicted molar refractivity (Wildman–Crippen MR) is 119 cm³/mol. The van der Waals surface area contributed by atoms with E-state index in [1.165, 1.54) is 27.7 Å². The summed E-state index contributed by atoms with van der Waals surface area (Å²) in [5.74, 6) is 0.0314. The topological polar surface area (TPSA) is 64.0 Å². The molecule has 0 aliphatic carbocycles. The number of thiophene rings is 1. The van der Waals surface area contributed by atoms with Crippen LogP contribution in [0.15, 0.2) is 76.0 Å². The van der Waals surface area contributed by atoms with Gasteiger partial charge in [0.15, 0.2) is 5.16 Å². The van der Waals surface area contributed by atoms with Gasteiger partial charge in [-0.2, -0.15) is 0 Å². The third kappa shape index (κ3) is 4.53. The van der Waals surface area contributed by atoms with Crippen LogP contribution in [0.1, 0.15) is 5.56 Å². The number of thioether (sulfide) groups is 1. The van der Waals surface area contributed by atoms with Crippen LogP contribution in [0.2, 0.25) is 5.02 Å². The molecule has 0 radical (unpaired) electrons. The van der Waals surface area contributed by atoms with Crippen LogP contribution < -0.4 is 10.9 Å². The van der Waals surface area contributed by atoms with Gasteiger partial charge >= 0.3 is 0 Å². The second-order valence-electron chi connectivity index (χ2n) is 6.20. The third-order valence-electron chi connectivity index (χ3n) is 4.20. The van der Waals surface area contributed by atoms with E-state index in [0.717, 1.165) is 5.56 Å². The SMILES string of the molecule is O=C(CSc1nc2ccsc2c(=O)n1-c1ccc(Cl)cc1)NCc1ccccc1. The fraction of sp³-hybridized carbons (Fsp3) is 0.0952. The highest BCUT2D eigenvalue weighted by molar-refractivity contribution is 7.99. The quantitative estimate of drug-likeness (QED) is 0.353. The van der Waals surface area contributed by atoms with Crippen LogP contribution in [0.4, 0.5) is 0 Å².